The van der Waals surface area contributed by atoms with Gasteiger partial charge in [0.15, 0.2) is 0 Å². The van der Waals surface area contributed by atoms with Gasteiger partial charge in [0.05, 0.1) is 18.2 Å². The van der Waals surface area contributed by atoms with Gasteiger partial charge in [0, 0.05) is 28.7 Å². The minimum Gasteiger partial charge on any atom is -0.493 e. The summed E-state index contributed by atoms with van der Waals surface area (Å²) in [4.78, 5) is 28.3. The lowest BCUT2D eigenvalue weighted by atomic mass is 9.95. The van der Waals surface area contributed by atoms with E-state index in [1.807, 2.05) is 12.1 Å². The predicted octanol–water partition coefficient (Wildman–Crippen LogP) is 6.67. The molecule has 3 fully saturated rings. The zero-order chi connectivity index (χ0) is 26.1. The highest BCUT2D eigenvalue weighted by atomic mass is 35.5. The normalized spacial score (nSPS) is 21.7. The first-order valence-electron chi connectivity index (χ1n) is 13.3. The van der Waals surface area contributed by atoms with Gasteiger partial charge in [-0.2, -0.15) is 0 Å². The Hall–Kier alpha value is -2.15. The molecular formula is C29H33Cl2FN2O3. The molecule has 2 atom stereocenters. The average Bonchev–Trinajstić information content (AvgIpc) is 3.62. The standard InChI is InChI=1S/C29H33Cl2FN2O3/c1-18(21-11-22(30)13-23(31)12-21)33-9-6-19(7-10-33)17-37-28-15-27(32)26(14-25(28)20-4-5-20)29(36)34-8-2-3-24(34)16-35/h11-16,18-20,24H,2-10,17H2,1H3. The van der Waals surface area contributed by atoms with Crippen LogP contribution in [0.2, 0.25) is 10.0 Å². The van der Waals surface area contributed by atoms with E-state index in [1.54, 1.807) is 12.1 Å². The monoisotopic (exact) mass is 546 g/mol. The predicted molar refractivity (Wildman–Crippen MR) is 143 cm³/mol. The lowest BCUT2D eigenvalue weighted by Gasteiger charge is -2.36. The van der Waals surface area contributed by atoms with Crippen molar-refractivity contribution in [3.63, 3.8) is 0 Å². The number of carbonyl (C=O) groups is 2. The minimum absolute atomic E-state index is 0.0476. The topological polar surface area (TPSA) is 49.9 Å². The summed E-state index contributed by atoms with van der Waals surface area (Å²) in [6.45, 7) is 5.05. The van der Waals surface area contributed by atoms with E-state index in [0.29, 0.717) is 47.2 Å². The van der Waals surface area contributed by atoms with Crippen LogP contribution < -0.4 is 4.74 Å². The van der Waals surface area contributed by atoms with E-state index in [9.17, 15) is 9.59 Å². The molecule has 3 aliphatic rings. The number of ether oxygens (including phenoxy) is 1. The molecule has 37 heavy (non-hydrogen) atoms. The van der Waals surface area contributed by atoms with E-state index in [4.69, 9.17) is 27.9 Å². The molecule has 0 N–H and O–H groups in total. The van der Waals surface area contributed by atoms with Crippen LogP contribution in [-0.4, -0.2) is 54.3 Å². The summed E-state index contributed by atoms with van der Waals surface area (Å²) in [5.41, 5.74) is 2.07. The lowest BCUT2D eigenvalue weighted by Crippen LogP contribution is -2.37. The van der Waals surface area contributed by atoms with Crippen LogP contribution in [0.15, 0.2) is 30.3 Å². The smallest absolute Gasteiger partial charge is 0.257 e. The number of nitrogens with zero attached hydrogens (tertiary/aromatic N) is 2. The molecule has 1 amide bonds. The fourth-order valence-corrected chi connectivity index (χ4v) is 6.20. The molecule has 2 aliphatic heterocycles. The number of likely N-dealkylation sites (tertiary alicyclic amines) is 2. The number of aldehydes is 1. The molecule has 0 bridgehead atoms. The third kappa shape index (κ3) is 5.97. The molecule has 0 radical (unpaired) electrons. The third-order valence-corrected chi connectivity index (χ3v) is 8.54. The minimum atomic E-state index is -0.579. The molecule has 1 saturated carbocycles. The molecule has 8 heteroatoms. The Morgan fingerprint density at radius 2 is 1.76 bits per heavy atom. The van der Waals surface area contributed by atoms with Crippen molar-refractivity contribution in [1.29, 1.82) is 0 Å². The molecule has 198 valence electrons. The molecule has 5 nitrogen and oxygen atoms in total. The average molecular weight is 547 g/mol. The fraction of sp³-hybridized carbons (Fsp3) is 0.517. The van der Waals surface area contributed by atoms with Crippen LogP contribution in [-0.2, 0) is 4.79 Å². The van der Waals surface area contributed by atoms with E-state index in [0.717, 1.165) is 62.6 Å². The number of benzene rings is 2. The van der Waals surface area contributed by atoms with E-state index >= 15 is 4.39 Å². The molecular weight excluding hydrogens is 514 g/mol. The molecule has 2 saturated heterocycles. The van der Waals surface area contributed by atoms with Crippen molar-refractivity contribution < 1.29 is 18.7 Å². The fourth-order valence-electron chi connectivity index (χ4n) is 5.66. The van der Waals surface area contributed by atoms with Crippen LogP contribution in [0.1, 0.15) is 78.9 Å². The van der Waals surface area contributed by atoms with Gasteiger partial charge in [0.1, 0.15) is 17.9 Å². The third-order valence-electron chi connectivity index (χ3n) is 8.10. The van der Waals surface area contributed by atoms with Crippen molar-refractivity contribution in [2.45, 2.75) is 63.5 Å². The van der Waals surface area contributed by atoms with E-state index in [-0.39, 0.29) is 11.6 Å². The summed E-state index contributed by atoms with van der Waals surface area (Å²) < 4.78 is 21.3. The first kappa shape index (κ1) is 26.5. The summed E-state index contributed by atoms with van der Waals surface area (Å²) in [5.74, 6) is 0.248. The number of carbonyl (C=O) groups excluding carboxylic acids is 2. The summed E-state index contributed by atoms with van der Waals surface area (Å²) >= 11 is 12.4. The Bertz CT molecular complexity index is 1140. The Morgan fingerprint density at radius 3 is 2.41 bits per heavy atom. The zero-order valence-corrected chi connectivity index (χ0v) is 22.6. The molecule has 2 aromatic rings. The molecule has 0 spiro atoms. The highest BCUT2D eigenvalue weighted by Crippen LogP contribution is 2.45. The number of hydrogen-bond donors (Lipinski definition) is 0. The Labute approximate surface area is 227 Å². The lowest BCUT2D eigenvalue weighted by molar-refractivity contribution is -0.111. The molecule has 5 rings (SSSR count). The Kier molecular flexibility index (Phi) is 8.08. The van der Waals surface area contributed by atoms with Gasteiger partial charge in [-0.25, -0.2) is 4.39 Å². The number of rotatable bonds is 8. The molecule has 1 aliphatic carbocycles. The quantitative estimate of drug-likeness (QED) is 0.347. The zero-order valence-electron chi connectivity index (χ0n) is 21.1. The number of piperidine rings is 1. The summed E-state index contributed by atoms with van der Waals surface area (Å²) in [5, 5.41) is 1.29. The first-order valence-corrected chi connectivity index (χ1v) is 14.0. The van der Waals surface area contributed by atoms with Crippen molar-refractivity contribution in [3.8, 4) is 5.75 Å². The first-order chi connectivity index (χ1) is 17.8. The van der Waals surface area contributed by atoms with Crippen LogP contribution >= 0.6 is 23.2 Å². The largest absolute Gasteiger partial charge is 0.493 e. The summed E-state index contributed by atoms with van der Waals surface area (Å²) in [6.07, 6.45) is 6.19. The van der Waals surface area contributed by atoms with E-state index in [2.05, 4.69) is 11.8 Å². The molecule has 2 aromatic carbocycles. The maximum absolute atomic E-state index is 15.1. The number of amides is 1. The van der Waals surface area contributed by atoms with Gasteiger partial charge in [-0.1, -0.05) is 23.2 Å². The van der Waals surface area contributed by atoms with Gasteiger partial charge in [0.25, 0.3) is 5.91 Å². The van der Waals surface area contributed by atoms with Gasteiger partial charge < -0.3 is 14.4 Å². The van der Waals surface area contributed by atoms with Crippen LogP contribution in [0.4, 0.5) is 4.39 Å². The molecule has 2 unspecified atom stereocenters. The van der Waals surface area contributed by atoms with Crippen molar-refractivity contribution in [2.75, 3.05) is 26.2 Å². The van der Waals surface area contributed by atoms with Crippen molar-refractivity contribution >= 4 is 35.4 Å². The van der Waals surface area contributed by atoms with E-state index < -0.39 is 17.8 Å². The van der Waals surface area contributed by atoms with Gasteiger partial charge in [-0.15, -0.1) is 0 Å². The van der Waals surface area contributed by atoms with E-state index in [1.165, 1.54) is 11.0 Å². The van der Waals surface area contributed by atoms with Crippen LogP contribution in [0.3, 0.4) is 0 Å². The van der Waals surface area contributed by atoms with Crippen LogP contribution in [0.25, 0.3) is 0 Å². The highest BCUT2D eigenvalue weighted by molar-refractivity contribution is 6.34. The summed E-state index contributed by atoms with van der Waals surface area (Å²) in [6, 6.07) is 8.50. The number of hydrogen-bond acceptors (Lipinski definition) is 4. The summed E-state index contributed by atoms with van der Waals surface area (Å²) in [7, 11) is 0. The Morgan fingerprint density at radius 1 is 1.05 bits per heavy atom. The second-order valence-electron chi connectivity index (χ2n) is 10.7. The maximum Gasteiger partial charge on any atom is 0.257 e. The molecule has 0 aromatic heterocycles. The maximum atomic E-state index is 15.1. The van der Waals surface area contributed by atoms with Gasteiger partial charge in [-0.3, -0.25) is 9.69 Å². The van der Waals surface area contributed by atoms with Crippen molar-refractivity contribution in [1.82, 2.24) is 9.80 Å². The second-order valence-corrected chi connectivity index (χ2v) is 11.5. The van der Waals surface area contributed by atoms with Crippen LogP contribution in [0.5, 0.6) is 5.75 Å². The van der Waals surface area contributed by atoms with Crippen molar-refractivity contribution in [3.05, 3.63) is 62.9 Å². The second kappa shape index (κ2) is 11.3. The van der Waals surface area contributed by atoms with Crippen molar-refractivity contribution in [2.24, 2.45) is 5.92 Å². The van der Waals surface area contributed by atoms with Gasteiger partial charge in [-0.05, 0) is 106 Å². The molecule has 2 heterocycles. The van der Waals surface area contributed by atoms with Gasteiger partial charge >= 0.3 is 0 Å². The Balaban J connectivity index is 1.21. The number of halogens is 3. The van der Waals surface area contributed by atoms with Crippen LogP contribution in [0, 0.1) is 11.7 Å². The SMILES string of the molecule is CC(c1cc(Cl)cc(Cl)c1)N1CCC(COc2cc(F)c(C(=O)N3CCCC3C=O)cc2C2CC2)CC1. The highest BCUT2D eigenvalue weighted by Gasteiger charge is 2.34. The van der Waals surface area contributed by atoms with Gasteiger partial charge in [0.2, 0.25) is 0 Å².